The highest BCUT2D eigenvalue weighted by atomic mass is 19.2. The number of hydrogen-bond acceptors (Lipinski definition) is 2. The Balaban J connectivity index is 2.69. The third kappa shape index (κ3) is 1.45. The van der Waals surface area contributed by atoms with Crippen LogP contribution in [0.25, 0.3) is 11.4 Å². The number of H-pyrrole nitrogens is 1. The molecule has 78 valence electrons. The molecule has 7 heteroatoms. The minimum Gasteiger partial charge on any atom is -0.259 e. The lowest BCUT2D eigenvalue weighted by atomic mass is 10.2. The molecular formula is C8H3F4N3. The predicted octanol–water partition coefficient (Wildman–Crippen LogP) is 2.03. The molecule has 0 unspecified atom stereocenters. The molecular weight excluding hydrogens is 214 g/mol. The minimum absolute atomic E-state index is 0.176. The molecule has 0 saturated heterocycles. The van der Waals surface area contributed by atoms with Crippen LogP contribution in [0.4, 0.5) is 17.6 Å². The van der Waals surface area contributed by atoms with E-state index in [2.05, 4.69) is 15.2 Å². The SMILES string of the molecule is Fc1cc(-c2ncn[nH]2)c(F)c(F)c1F. The molecule has 1 N–H and O–H groups in total. The molecule has 1 heterocycles. The molecule has 1 aromatic heterocycles. The summed E-state index contributed by atoms with van der Waals surface area (Å²) in [7, 11) is 0. The second-order valence-corrected chi connectivity index (χ2v) is 2.68. The maximum atomic E-state index is 13.1. The monoisotopic (exact) mass is 217 g/mol. The molecule has 3 nitrogen and oxygen atoms in total. The van der Waals surface area contributed by atoms with Gasteiger partial charge in [-0.1, -0.05) is 0 Å². The summed E-state index contributed by atoms with van der Waals surface area (Å²) < 4.78 is 51.3. The standard InChI is InChI=1S/C8H3F4N3/c9-4-1-3(8-13-2-14-15-8)5(10)7(12)6(4)11/h1-2H,(H,13,14,15). The lowest BCUT2D eigenvalue weighted by molar-refractivity contribution is 0.410. The molecule has 0 saturated carbocycles. The van der Waals surface area contributed by atoms with Gasteiger partial charge >= 0.3 is 0 Å². The van der Waals surface area contributed by atoms with E-state index in [4.69, 9.17) is 0 Å². The van der Waals surface area contributed by atoms with Crippen molar-refractivity contribution in [1.82, 2.24) is 15.2 Å². The summed E-state index contributed by atoms with van der Waals surface area (Å²) in [5.41, 5.74) is -0.510. The molecule has 15 heavy (non-hydrogen) atoms. The lowest BCUT2D eigenvalue weighted by Crippen LogP contribution is -1.99. The smallest absolute Gasteiger partial charge is 0.198 e. The van der Waals surface area contributed by atoms with Crippen molar-refractivity contribution in [3.8, 4) is 11.4 Å². The van der Waals surface area contributed by atoms with Crippen LogP contribution in [-0.2, 0) is 0 Å². The zero-order valence-corrected chi connectivity index (χ0v) is 7.06. The van der Waals surface area contributed by atoms with Gasteiger partial charge in [0.05, 0.1) is 5.56 Å². The Hall–Kier alpha value is -1.92. The Bertz CT molecular complexity index is 495. The topological polar surface area (TPSA) is 41.6 Å². The van der Waals surface area contributed by atoms with Gasteiger partial charge in [0.1, 0.15) is 6.33 Å². The van der Waals surface area contributed by atoms with E-state index >= 15 is 0 Å². The molecule has 2 rings (SSSR count). The first-order valence-corrected chi connectivity index (χ1v) is 3.80. The molecule has 0 radical (unpaired) electrons. The molecule has 0 aliphatic carbocycles. The molecule has 0 fully saturated rings. The molecule has 0 aliphatic rings. The summed E-state index contributed by atoms with van der Waals surface area (Å²) in [4.78, 5) is 3.50. The molecule has 0 spiro atoms. The number of benzene rings is 1. The number of aromatic amines is 1. The first-order chi connectivity index (χ1) is 7.11. The molecule has 1 aromatic carbocycles. The van der Waals surface area contributed by atoms with Gasteiger partial charge in [-0.2, -0.15) is 5.10 Å². The summed E-state index contributed by atoms with van der Waals surface area (Å²) in [5.74, 6) is -6.89. The van der Waals surface area contributed by atoms with Gasteiger partial charge in [-0.15, -0.1) is 0 Å². The summed E-state index contributed by atoms with van der Waals surface area (Å²) in [6.45, 7) is 0. The summed E-state index contributed by atoms with van der Waals surface area (Å²) >= 11 is 0. The summed E-state index contributed by atoms with van der Waals surface area (Å²) in [6, 6.07) is 0.508. The van der Waals surface area contributed by atoms with Gasteiger partial charge in [-0.25, -0.2) is 22.5 Å². The zero-order valence-electron chi connectivity index (χ0n) is 7.06. The Kier molecular flexibility index (Phi) is 2.14. The van der Waals surface area contributed by atoms with Crippen LogP contribution in [-0.4, -0.2) is 15.2 Å². The van der Waals surface area contributed by atoms with Gasteiger partial charge in [0.25, 0.3) is 0 Å². The fourth-order valence-electron chi connectivity index (χ4n) is 1.08. The zero-order chi connectivity index (χ0) is 11.0. The van der Waals surface area contributed by atoms with Crippen molar-refractivity contribution in [2.75, 3.05) is 0 Å². The quantitative estimate of drug-likeness (QED) is 0.451. The fourth-order valence-corrected chi connectivity index (χ4v) is 1.08. The fraction of sp³-hybridized carbons (Fsp3) is 0. The molecule has 0 aliphatic heterocycles. The third-order valence-electron chi connectivity index (χ3n) is 1.77. The average Bonchev–Trinajstić information content (AvgIpc) is 2.73. The third-order valence-corrected chi connectivity index (χ3v) is 1.77. The predicted molar refractivity (Wildman–Crippen MR) is 41.7 cm³/mol. The molecule has 0 bridgehead atoms. The maximum Gasteiger partial charge on any atom is 0.198 e. The summed E-state index contributed by atoms with van der Waals surface area (Å²) in [5, 5.41) is 5.59. The molecule has 0 atom stereocenters. The van der Waals surface area contributed by atoms with Gasteiger partial charge in [0, 0.05) is 0 Å². The number of aromatic nitrogens is 3. The Morgan fingerprint density at radius 3 is 2.33 bits per heavy atom. The normalized spacial score (nSPS) is 10.7. The van der Waals surface area contributed by atoms with Crippen LogP contribution in [0.5, 0.6) is 0 Å². The van der Waals surface area contributed by atoms with Crippen LogP contribution in [0.3, 0.4) is 0 Å². The highest BCUT2D eigenvalue weighted by molar-refractivity contribution is 5.55. The second kappa shape index (κ2) is 3.34. The van der Waals surface area contributed by atoms with E-state index in [1.165, 1.54) is 0 Å². The van der Waals surface area contributed by atoms with Crippen LogP contribution < -0.4 is 0 Å². The largest absolute Gasteiger partial charge is 0.259 e. The molecule has 2 aromatic rings. The van der Waals surface area contributed by atoms with E-state index < -0.39 is 28.8 Å². The van der Waals surface area contributed by atoms with E-state index in [1.807, 2.05) is 0 Å². The van der Waals surface area contributed by atoms with Crippen molar-refractivity contribution in [1.29, 1.82) is 0 Å². The average molecular weight is 217 g/mol. The van der Waals surface area contributed by atoms with Gasteiger partial charge < -0.3 is 0 Å². The highest BCUT2D eigenvalue weighted by Crippen LogP contribution is 2.24. The van der Waals surface area contributed by atoms with Crippen LogP contribution in [0.15, 0.2) is 12.4 Å². The number of hydrogen-bond donors (Lipinski definition) is 1. The van der Waals surface area contributed by atoms with Gasteiger partial charge in [0.15, 0.2) is 29.1 Å². The Morgan fingerprint density at radius 1 is 1.00 bits per heavy atom. The highest BCUT2D eigenvalue weighted by Gasteiger charge is 2.20. The number of halogens is 4. The Morgan fingerprint density at radius 2 is 1.73 bits per heavy atom. The Labute approximate surface area is 80.8 Å². The van der Waals surface area contributed by atoms with Crippen molar-refractivity contribution >= 4 is 0 Å². The molecule has 0 amide bonds. The van der Waals surface area contributed by atoms with Crippen LogP contribution in [0, 0.1) is 23.3 Å². The second-order valence-electron chi connectivity index (χ2n) is 2.68. The van der Waals surface area contributed by atoms with Crippen LogP contribution >= 0.6 is 0 Å². The minimum atomic E-state index is -1.87. The first-order valence-electron chi connectivity index (χ1n) is 3.80. The van der Waals surface area contributed by atoms with Crippen molar-refractivity contribution < 1.29 is 17.6 Å². The number of nitrogens with one attached hydrogen (secondary N) is 1. The van der Waals surface area contributed by atoms with E-state index in [9.17, 15) is 17.6 Å². The van der Waals surface area contributed by atoms with Crippen molar-refractivity contribution in [3.05, 3.63) is 35.7 Å². The first kappa shape index (κ1) is 9.63. The van der Waals surface area contributed by atoms with Gasteiger partial charge in [-0.3, -0.25) is 5.10 Å². The number of nitrogens with zero attached hydrogens (tertiary/aromatic N) is 2. The van der Waals surface area contributed by atoms with E-state index in [0.29, 0.717) is 6.07 Å². The number of rotatable bonds is 1. The van der Waals surface area contributed by atoms with Crippen molar-refractivity contribution in [3.63, 3.8) is 0 Å². The lowest BCUT2D eigenvalue weighted by Gasteiger charge is -2.02. The van der Waals surface area contributed by atoms with Crippen molar-refractivity contribution in [2.24, 2.45) is 0 Å². The summed E-state index contributed by atoms with van der Waals surface area (Å²) in [6.07, 6.45) is 1.04. The van der Waals surface area contributed by atoms with E-state index in [1.54, 1.807) is 0 Å². The van der Waals surface area contributed by atoms with Gasteiger partial charge in [0.2, 0.25) is 0 Å². The van der Waals surface area contributed by atoms with Crippen LogP contribution in [0.2, 0.25) is 0 Å². The van der Waals surface area contributed by atoms with Crippen LogP contribution in [0.1, 0.15) is 0 Å². The van der Waals surface area contributed by atoms with Crippen molar-refractivity contribution in [2.45, 2.75) is 0 Å². The van der Waals surface area contributed by atoms with E-state index in [0.717, 1.165) is 6.33 Å². The maximum absolute atomic E-state index is 13.1. The van der Waals surface area contributed by atoms with Gasteiger partial charge in [-0.05, 0) is 6.07 Å². The van der Waals surface area contributed by atoms with E-state index in [-0.39, 0.29) is 5.82 Å².